The molecule has 128 valence electrons. The van der Waals surface area contributed by atoms with Crippen molar-refractivity contribution in [3.63, 3.8) is 0 Å². The molecule has 2 aromatic rings. The van der Waals surface area contributed by atoms with Crippen LogP contribution in [0.25, 0.3) is 10.9 Å². The number of hydrogen-bond donors (Lipinski definition) is 1. The monoisotopic (exact) mass is 325 g/mol. The number of nitrogens with one attached hydrogen (secondary N) is 1. The molecular weight excluding hydrogens is 298 g/mol. The van der Waals surface area contributed by atoms with Crippen LogP contribution in [0.3, 0.4) is 0 Å². The Hall–Kier alpha value is -1.81. The number of likely N-dealkylation sites (N-methyl/N-ethyl adjacent to an activating group) is 1. The predicted octanol–water partition coefficient (Wildman–Crippen LogP) is 3.21. The lowest BCUT2D eigenvalue weighted by molar-refractivity contribution is 0.0726. The van der Waals surface area contributed by atoms with Crippen molar-refractivity contribution >= 4 is 16.8 Å². The highest BCUT2D eigenvalue weighted by atomic mass is 16.2. The highest BCUT2D eigenvalue weighted by Crippen LogP contribution is 2.32. The van der Waals surface area contributed by atoms with E-state index in [1.165, 1.54) is 29.5 Å². The summed E-state index contributed by atoms with van der Waals surface area (Å²) in [6.07, 6.45) is 6.84. The van der Waals surface area contributed by atoms with E-state index in [9.17, 15) is 4.79 Å². The molecule has 24 heavy (non-hydrogen) atoms. The summed E-state index contributed by atoms with van der Waals surface area (Å²) in [6, 6.07) is 6.81. The number of amides is 1. The summed E-state index contributed by atoms with van der Waals surface area (Å²) in [4.78, 5) is 20.9. The first kappa shape index (κ1) is 15.7. The lowest BCUT2D eigenvalue weighted by Crippen LogP contribution is -2.35. The van der Waals surface area contributed by atoms with Crippen molar-refractivity contribution in [3.8, 4) is 0 Å². The van der Waals surface area contributed by atoms with Gasteiger partial charge in [0.2, 0.25) is 0 Å². The maximum Gasteiger partial charge on any atom is 0.255 e. The van der Waals surface area contributed by atoms with E-state index < -0.39 is 0 Å². The smallest absolute Gasteiger partial charge is 0.255 e. The molecule has 1 saturated heterocycles. The minimum atomic E-state index is 0.197. The van der Waals surface area contributed by atoms with Gasteiger partial charge in [0.25, 0.3) is 5.91 Å². The molecular formula is C20H27N3O. The van der Waals surface area contributed by atoms with Gasteiger partial charge in [-0.25, -0.2) is 0 Å². The number of fused-ring (bicyclic) bond motifs is 3. The van der Waals surface area contributed by atoms with E-state index >= 15 is 0 Å². The first-order valence-corrected chi connectivity index (χ1v) is 9.23. The van der Waals surface area contributed by atoms with Crippen molar-refractivity contribution in [2.24, 2.45) is 0 Å². The molecule has 4 heteroatoms. The molecule has 1 N–H and O–H groups in total. The number of carbonyl (C=O) groups is 1. The van der Waals surface area contributed by atoms with Gasteiger partial charge < -0.3 is 14.8 Å². The number of piperidine rings is 1. The van der Waals surface area contributed by atoms with E-state index in [-0.39, 0.29) is 5.91 Å². The first-order valence-electron chi connectivity index (χ1n) is 9.23. The van der Waals surface area contributed by atoms with Crippen LogP contribution in [0.2, 0.25) is 0 Å². The average Bonchev–Trinajstić information content (AvgIpc) is 2.99. The van der Waals surface area contributed by atoms with E-state index in [2.05, 4.69) is 30.0 Å². The van der Waals surface area contributed by atoms with Gasteiger partial charge in [-0.2, -0.15) is 0 Å². The Morgan fingerprint density at radius 2 is 2.00 bits per heavy atom. The predicted molar refractivity (Wildman–Crippen MR) is 97.6 cm³/mol. The quantitative estimate of drug-likeness (QED) is 0.921. The van der Waals surface area contributed by atoms with Crippen LogP contribution in [0, 0.1) is 0 Å². The third-order valence-electron chi connectivity index (χ3n) is 5.80. The average molecular weight is 325 g/mol. The van der Waals surface area contributed by atoms with E-state index in [4.69, 9.17) is 0 Å². The number of aromatic nitrogens is 1. The van der Waals surface area contributed by atoms with Crippen LogP contribution in [-0.4, -0.2) is 53.9 Å². The lowest BCUT2D eigenvalue weighted by atomic mass is 9.90. The second-order valence-corrected chi connectivity index (χ2v) is 7.52. The van der Waals surface area contributed by atoms with Crippen molar-refractivity contribution < 1.29 is 4.79 Å². The zero-order valence-corrected chi connectivity index (χ0v) is 14.8. The molecule has 1 fully saturated rings. The number of rotatable bonds is 2. The van der Waals surface area contributed by atoms with Gasteiger partial charge in [-0.3, -0.25) is 4.79 Å². The third kappa shape index (κ3) is 2.63. The SMILES string of the molecule is CN(C)C1CCc2[nH]c3c(C(=O)N4CCCCC4)cccc3c2C1. The molecule has 1 aromatic carbocycles. The normalized spacial score (nSPS) is 21.3. The molecule has 4 rings (SSSR count). The second kappa shape index (κ2) is 6.25. The van der Waals surface area contributed by atoms with Crippen LogP contribution in [0.15, 0.2) is 18.2 Å². The molecule has 0 saturated carbocycles. The van der Waals surface area contributed by atoms with Crippen LogP contribution >= 0.6 is 0 Å². The minimum absolute atomic E-state index is 0.197. The van der Waals surface area contributed by atoms with Gasteiger partial charge >= 0.3 is 0 Å². The highest BCUT2D eigenvalue weighted by molar-refractivity contribution is 6.06. The summed E-state index contributed by atoms with van der Waals surface area (Å²) in [7, 11) is 4.33. The molecule has 4 nitrogen and oxygen atoms in total. The molecule has 0 radical (unpaired) electrons. The Morgan fingerprint density at radius 1 is 1.21 bits per heavy atom. The largest absolute Gasteiger partial charge is 0.358 e. The molecule has 1 aromatic heterocycles. The van der Waals surface area contributed by atoms with Crippen molar-refractivity contribution in [2.45, 2.75) is 44.6 Å². The number of likely N-dealkylation sites (tertiary alicyclic amines) is 1. The Kier molecular flexibility index (Phi) is 4.09. The third-order valence-corrected chi connectivity index (χ3v) is 5.80. The summed E-state index contributed by atoms with van der Waals surface area (Å²) in [5, 5.41) is 1.25. The number of aromatic amines is 1. The van der Waals surface area contributed by atoms with E-state index in [0.29, 0.717) is 6.04 Å². The second-order valence-electron chi connectivity index (χ2n) is 7.52. The van der Waals surface area contributed by atoms with E-state index in [1.54, 1.807) is 0 Å². The molecule has 0 spiro atoms. The first-order chi connectivity index (χ1) is 11.6. The van der Waals surface area contributed by atoms with Crippen LogP contribution in [0.5, 0.6) is 0 Å². The molecule has 1 atom stereocenters. The number of benzene rings is 1. The van der Waals surface area contributed by atoms with E-state index in [0.717, 1.165) is 49.9 Å². The summed E-state index contributed by atoms with van der Waals surface area (Å²) >= 11 is 0. The molecule has 1 amide bonds. The minimum Gasteiger partial charge on any atom is -0.358 e. The number of para-hydroxylation sites is 1. The van der Waals surface area contributed by atoms with Gasteiger partial charge in [0.15, 0.2) is 0 Å². The standard InChI is InChI=1S/C20H27N3O/c1-22(2)14-9-10-18-17(13-14)15-7-6-8-16(19(15)21-18)20(24)23-11-4-3-5-12-23/h6-8,14,21H,3-5,9-13H2,1-2H3. The zero-order chi connectivity index (χ0) is 16.7. The lowest BCUT2D eigenvalue weighted by Gasteiger charge is -2.28. The summed E-state index contributed by atoms with van der Waals surface area (Å²) in [5.74, 6) is 0.197. The number of H-pyrrole nitrogens is 1. The van der Waals surface area contributed by atoms with Crippen molar-refractivity contribution in [1.29, 1.82) is 0 Å². The highest BCUT2D eigenvalue weighted by Gasteiger charge is 2.26. The summed E-state index contributed by atoms with van der Waals surface area (Å²) in [5.41, 5.74) is 4.66. The maximum atomic E-state index is 13.0. The molecule has 0 bridgehead atoms. The van der Waals surface area contributed by atoms with Gasteiger partial charge in [-0.15, -0.1) is 0 Å². The van der Waals surface area contributed by atoms with Crippen LogP contribution < -0.4 is 0 Å². The fourth-order valence-corrected chi connectivity index (χ4v) is 4.31. The number of aryl methyl sites for hydroxylation is 1. The molecule has 1 aliphatic heterocycles. The van der Waals surface area contributed by atoms with Gasteiger partial charge in [0.1, 0.15) is 0 Å². The van der Waals surface area contributed by atoms with E-state index in [1.807, 2.05) is 17.0 Å². The molecule has 2 aliphatic rings. The van der Waals surface area contributed by atoms with Gasteiger partial charge in [0, 0.05) is 30.2 Å². The molecule has 1 aliphatic carbocycles. The van der Waals surface area contributed by atoms with Gasteiger partial charge in [-0.1, -0.05) is 12.1 Å². The zero-order valence-electron chi connectivity index (χ0n) is 14.8. The maximum absolute atomic E-state index is 13.0. The number of nitrogens with zero attached hydrogens (tertiary/aromatic N) is 2. The van der Waals surface area contributed by atoms with Crippen molar-refractivity contribution in [2.75, 3.05) is 27.2 Å². The molecule has 2 heterocycles. The fourth-order valence-electron chi connectivity index (χ4n) is 4.31. The van der Waals surface area contributed by atoms with Crippen molar-refractivity contribution in [1.82, 2.24) is 14.8 Å². The number of carbonyl (C=O) groups excluding carboxylic acids is 1. The van der Waals surface area contributed by atoms with Crippen LogP contribution in [-0.2, 0) is 12.8 Å². The Morgan fingerprint density at radius 3 is 2.75 bits per heavy atom. The topological polar surface area (TPSA) is 39.3 Å². The summed E-state index contributed by atoms with van der Waals surface area (Å²) < 4.78 is 0. The Bertz CT molecular complexity index is 756. The van der Waals surface area contributed by atoms with Crippen molar-refractivity contribution in [3.05, 3.63) is 35.0 Å². The number of hydrogen-bond acceptors (Lipinski definition) is 2. The van der Waals surface area contributed by atoms with Crippen LogP contribution in [0.4, 0.5) is 0 Å². The summed E-state index contributed by atoms with van der Waals surface area (Å²) in [6.45, 7) is 1.80. The Labute approximate surface area is 143 Å². The Balaban J connectivity index is 1.72. The van der Waals surface area contributed by atoms with Gasteiger partial charge in [-0.05, 0) is 64.3 Å². The van der Waals surface area contributed by atoms with Crippen LogP contribution in [0.1, 0.15) is 47.3 Å². The molecule has 1 unspecified atom stereocenters. The fraction of sp³-hybridized carbons (Fsp3) is 0.550. The van der Waals surface area contributed by atoms with Gasteiger partial charge in [0.05, 0.1) is 11.1 Å².